The fourth-order valence-electron chi connectivity index (χ4n) is 1.49. The molecule has 0 saturated carbocycles. The van der Waals surface area contributed by atoms with Gasteiger partial charge < -0.3 is 14.3 Å². The molecule has 0 aliphatic heterocycles. The van der Waals surface area contributed by atoms with Crippen LogP contribution < -0.4 is 0 Å². The third-order valence-electron chi connectivity index (χ3n) is 2.32. The van der Waals surface area contributed by atoms with Crippen LogP contribution in [-0.4, -0.2) is 18.2 Å². The first kappa shape index (κ1) is 11.8. The summed E-state index contributed by atoms with van der Waals surface area (Å²) in [5.41, 5.74) is 0.193. The second-order valence-corrected chi connectivity index (χ2v) is 3.37. The molecule has 1 rings (SSSR count). The summed E-state index contributed by atoms with van der Waals surface area (Å²) in [6, 6.07) is 1.45. The predicted molar refractivity (Wildman–Crippen MR) is 54.9 cm³/mol. The molecule has 84 valence electrons. The van der Waals surface area contributed by atoms with E-state index in [1.165, 1.54) is 12.3 Å². The van der Waals surface area contributed by atoms with Crippen molar-refractivity contribution in [3.8, 4) is 0 Å². The number of ether oxygens (including phenoxy) is 1. The Labute approximate surface area is 88.8 Å². The van der Waals surface area contributed by atoms with Gasteiger partial charge in [0.2, 0.25) is 0 Å². The molecule has 0 fully saturated rings. The van der Waals surface area contributed by atoms with Gasteiger partial charge in [0.25, 0.3) is 0 Å². The zero-order chi connectivity index (χ0) is 11.3. The predicted octanol–water partition coefficient (Wildman–Crippen LogP) is 2.86. The lowest BCUT2D eigenvalue weighted by Crippen LogP contribution is -2.06. The summed E-state index contributed by atoms with van der Waals surface area (Å²) in [5, 5.41) is 8.91. The molecule has 1 heterocycles. The topological polar surface area (TPSA) is 59.7 Å². The molecule has 4 nitrogen and oxygen atoms in total. The number of methoxy groups -OCH3 is 1. The Morgan fingerprint density at radius 2 is 2.40 bits per heavy atom. The Kier molecular flexibility index (Phi) is 4.37. The van der Waals surface area contributed by atoms with Crippen molar-refractivity contribution in [1.29, 1.82) is 0 Å². The van der Waals surface area contributed by atoms with Crippen molar-refractivity contribution in [3.63, 3.8) is 0 Å². The molecule has 1 unspecified atom stereocenters. The minimum atomic E-state index is -0.975. The molecule has 0 aliphatic rings. The number of hydrogen-bond donors (Lipinski definition) is 1. The molecule has 1 aromatic rings. The average Bonchev–Trinajstić information content (AvgIpc) is 2.68. The molecule has 0 aliphatic carbocycles. The third-order valence-corrected chi connectivity index (χ3v) is 2.32. The zero-order valence-corrected chi connectivity index (χ0v) is 9.03. The number of carbonyl (C=O) groups is 1. The maximum absolute atomic E-state index is 10.9. The van der Waals surface area contributed by atoms with E-state index in [9.17, 15) is 4.79 Å². The number of hydrogen-bond acceptors (Lipinski definition) is 3. The van der Waals surface area contributed by atoms with Crippen LogP contribution in [0, 0.1) is 0 Å². The van der Waals surface area contributed by atoms with Crippen LogP contribution in [0.2, 0.25) is 0 Å². The van der Waals surface area contributed by atoms with Crippen molar-refractivity contribution < 1.29 is 19.1 Å². The van der Waals surface area contributed by atoms with Crippen molar-refractivity contribution in [3.05, 3.63) is 23.7 Å². The van der Waals surface area contributed by atoms with E-state index in [1.54, 1.807) is 7.11 Å². The fourth-order valence-corrected chi connectivity index (χ4v) is 1.49. The van der Waals surface area contributed by atoms with Crippen LogP contribution in [0.4, 0.5) is 0 Å². The number of rotatable bonds is 6. The van der Waals surface area contributed by atoms with Gasteiger partial charge >= 0.3 is 5.97 Å². The van der Waals surface area contributed by atoms with Crippen LogP contribution >= 0.6 is 0 Å². The van der Waals surface area contributed by atoms with Crippen LogP contribution in [0.25, 0.3) is 0 Å². The molecule has 0 saturated heterocycles. The van der Waals surface area contributed by atoms with E-state index in [0.717, 1.165) is 19.3 Å². The van der Waals surface area contributed by atoms with E-state index < -0.39 is 5.97 Å². The van der Waals surface area contributed by atoms with Gasteiger partial charge in [-0.1, -0.05) is 19.8 Å². The van der Waals surface area contributed by atoms with Crippen molar-refractivity contribution in [2.75, 3.05) is 7.11 Å². The molecule has 1 aromatic heterocycles. The van der Waals surface area contributed by atoms with Crippen molar-refractivity contribution in [1.82, 2.24) is 0 Å². The second kappa shape index (κ2) is 5.56. The van der Waals surface area contributed by atoms with Crippen molar-refractivity contribution >= 4 is 5.97 Å². The normalized spacial score (nSPS) is 12.7. The highest BCUT2D eigenvalue weighted by atomic mass is 16.5. The zero-order valence-electron chi connectivity index (χ0n) is 9.03. The lowest BCUT2D eigenvalue weighted by molar-refractivity contribution is 0.0624. The Hall–Kier alpha value is -1.29. The van der Waals surface area contributed by atoms with Gasteiger partial charge in [0, 0.05) is 7.11 Å². The van der Waals surface area contributed by atoms with Gasteiger partial charge in [-0.15, -0.1) is 0 Å². The van der Waals surface area contributed by atoms with E-state index >= 15 is 0 Å². The third kappa shape index (κ3) is 2.83. The molecule has 0 spiro atoms. The molecule has 4 heteroatoms. The number of aromatic carboxylic acids is 1. The van der Waals surface area contributed by atoms with E-state index in [4.69, 9.17) is 14.3 Å². The molecule has 0 amide bonds. The lowest BCUT2D eigenvalue weighted by Gasteiger charge is -2.12. The summed E-state index contributed by atoms with van der Waals surface area (Å²) in [6.45, 7) is 2.08. The summed E-state index contributed by atoms with van der Waals surface area (Å²) in [4.78, 5) is 10.9. The van der Waals surface area contributed by atoms with E-state index in [-0.39, 0.29) is 11.7 Å². The van der Waals surface area contributed by atoms with Gasteiger partial charge in [-0.05, 0) is 12.5 Å². The number of carboxylic acids is 1. The monoisotopic (exact) mass is 212 g/mol. The van der Waals surface area contributed by atoms with Crippen LogP contribution in [0.3, 0.4) is 0 Å². The van der Waals surface area contributed by atoms with Crippen molar-refractivity contribution in [2.24, 2.45) is 0 Å². The van der Waals surface area contributed by atoms with Crippen LogP contribution in [-0.2, 0) is 4.74 Å². The fraction of sp³-hybridized carbons (Fsp3) is 0.545. The summed E-state index contributed by atoms with van der Waals surface area (Å²) in [6.07, 6.45) is 3.93. The summed E-state index contributed by atoms with van der Waals surface area (Å²) in [5.74, 6) is -0.559. The van der Waals surface area contributed by atoms with E-state index in [0.29, 0.717) is 5.76 Å². The maximum atomic E-state index is 10.9. The van der Waals surface area contributed by atoms with Crippen LogP contribution in [0.5, 0.6) is 0 Å². The molecule has 15 heavy (non-hydrogen) atoms. The molecule has 0 aromatic carbocycles. The van der Waals surface area contributed by atoms with Gasteiger partial charge in [-0.25, -0.2) is 4.79 Å². The first-order chi connectivity index (χ1) is 7.20. The number of unbranched alkanes of at least 4 members (excludes halogenated alkanes) is 1. The first-order valence-electron chi connectivity index (χ1n) is 5.04. The molecule has 1 atom stereocenters. The molecular formula is C11H16O4. The highest BCUT2D eigenvalue weighted by Gasteiger charge is 2.21. The van der Waals surface area contributed by atoms with Gasteiger partial charge in [-0.2, -0.15) is 0 Å². The van der Waals surface area contributed by atoms with E-state index in [2.05, 4.69) is 6.92 Å². The summed E-state index contributed by atoms with van der Waals surface area (Å²) in [7, 11) is 1.56. The standard InChI is InChI=1S/C11H16O4/c1-3-4-5-9(14-2)10-8(11(12)13)6-7-15-10/h6-7,9H,3-5H2,1-2H3,(H,12,13). The van der Waals surface area contributed by atoms with Crippen LogP contribution in [0.15, 0.2) is 16.7 Å². The van der Waals surface area contributed by atoms with Gasteiger partial charge in [-0.3, -0.25) is 0 Å². The summed E-state index contributed by atoms with van der Waals surface area (Å²) < 4.78 is 10.4. The highest BCUT2D eigenvalue weighted by molar-refractivity contribution is 5.88. The average molecular weight is 212 g/mol. The van der Waals surface area contributed by atoms with Gasteiger partial charge in [0.15, 0.2) is 0 Å². The smallest absolute Gasteiger partial charge is 0.339 e. The maximum Gasteiger partial charge on any atom is 0.339 e. The Morgan fingerprint density at radius 1 is 1.67 bits per heavy atom. The largest absolute Gasteiger partial charge is 0.478 e. The lowest BCUT2D eigenvalue weighted by atomic mass is 10.1. The van der Waals surface area contributed by atoms with Gasteiger partial charge in [0.1, 0.15) is 17.4 Å². The Bertz CT molecular complexity index is 316. The first-order valence-corrected chi connectivity index (χ1v) is 5.04. The van der Waals surface area contributed by atoms with Crippen molar-refractivity contribution in [2.45, 2.75) is 32.3 Å². The second-order valence-electron chi connectivity index (χ2n) is 3.37. The molecule has 0 bridgehead atoms. The molecular weight excluding hydrogens is 196 g/mol. The summed E-state index contributed by atoms with van der Waals surface area (Å²) >= 11 is 0. The Balaban J connectivity index is 2.81. The molecule has 1 N–H and O–H groups in total. The number of carboxylic acid groups (broad SMARTS) is 1. The number of furan rings is 1. The quantitative estimate of drug-likeness (QED) is 0.787. The Morgan fingerprint density at radius 3 is 2.93 bits per heavy atom. The van der Waals surface area contributed by atoms with Crippen LogP contribution in [0.1, 0.15) is 48.4 Å². The molecule has 0 radical (unpaired) electrons. The SMILES string of the molecule is CCCCC(OC)c1occc1C(=O)O. The minimum absolute atomic E-state index is 0.193. The minimum Gasteiger partial charge on any atom is -0.478 e. The highest BCUT2D eigenvalue weighted by Crippen LogP contribution is 2.26. The van der Waals surface area contributed by atoms with E-state index in [1.807, 2.05) is 0 Å². The van der Waals surface area contributed by atoms with Gasteiger partial charge in [0.05, 0.1) is 6.26 Å².